The highest BCUT2D eigenvalue weighted by Gasteiger charge is 2.27. The van der Waals surface area contributed by atoms with E-state index < -0.39 is 23.9 Å². The van der Waals surface area contributed by atoms with Crippen molar-refractivity contribution in [3.05, 3.63) is 57.8 Å². The van der Waals surface area contributed by atoms with Gasteiger partial charge in [-0.25, -0.2) is 13.8 Å². The van der Waals surface area contributed by atoms with E-state index in [1.165, 1.54) is 17.4 Å². The van der Waals surface area contributed by atoms with Crippen LogP contribution in [0, 0.1) is 6.92 Å². The van der Waals surface area contributed by atoms with Crippen molar-refractivity contribution in [2.45, 2.75) is 26.8 Å². The van der Waals surface area contributed by atoms with Gasteiger partial charge in [0.15, 0.2) is 5.69 Å². The number of carbonyl (C=O) groups excluding carboxylic acids is 2. The average molecular weight is 528 g/mol. The summed E-state index contributed by atoms with van der Waals surface area (Å²) in [6, 6.07) is 6.60. The van der Waals surface area contributed by atoms with Crippen LogP contribution in [0.5, 0.6) is 0 Å². The maximum atomic E-state index is 13.7. The smallest absolute Gasteiger partial charge is 0.280 e. The first-order valence-corrected chi connectivity index (χ1v) is 12.5. The number of nitrogens with zero attached hydrogens (tertiary/aromatic N) is 4. The molecule has 184 valence electrons. The summed E-state index contributed by atoms with van der Waals surface area (Å²) in [6.07, 6.45) is -1.11. The number of aryl methyl sites for hydroxylation is 2. The minimum absolute atomic E-state index is 0.00642. The zero-order valence-electron chi connectivity index (χ0n) is 19.0. The number of hydrogen-bond acceptors (Lipinski definition) is 7. The van der Waals surface area contributed by atoms with Gasteiger partial charge >= 0.3 is 0 Å². The number of anilines is 1. The second-order valence-corrected chi connectivity index (χ2v) is 9.77. The van der Waals surface area contributed by atoms with E-state index >= 15 is 0 Å². The summed E-state index contributed by atoms with van der Waals surface area (Å²) in [5.41, 5.74) is 7.54. The fourth-order valence-corrected chi connectivity index (χ4v) is 5.56. The number of carbonyl (C=O) groups is 2. The molecule has 13 heteroatoms. The third kappa shape index (κ3) is 4.16. The standard InChI is InChI=1S/C23H19F2N7O2S2/c1-3-32-9-12(10(2)31-32)11-7-14(20(24)25)27-23-17(11)18(19(36-23)21(26)33)28-22(34)15-8-13(29-30-15)16-5-4-6-35-16/h4-9,20H,3H2,1-2H3,(H2,26,33)(H,28,34)(H,29,30). The number of pyridine rings is 1. The number of nitrogens with one attached hydrogen (secondary N) is 2. The van der Waals surface area contributed by atoms with E-state index in [4.69, 9.17) is 5.73 Å². The van der Waals surface area contributed by atoms with Crippen molar-refractivity contribution in [1.82, 2.24) is 25.0 Å². The number of thiophene rings is 2. The Morgan fingerprint density at radius 1 is 1.28 bits per heavy atom. The summed E-state index contributed by atoms with van der Waals surface area (Å²) < 4.78 is 29.1. The summed E-state index contributed by atoms with van der Waals surface area (Å²) in [6.45, 7) is 4.23. The predicted octanol–water partition coefficient (Wildman–Crippen LogP) is 5.23. The van der Waals surface area contributed by atoms with Gasteiger partial charge in [-0.1, -0.05) is 6.07 Å². The molecule has 0 radical (unpaired) electrons. The molecular formula is C23H19F2N7O2S2. The van der Waals surface area contributed by atoms with Gasteiger partial charge in [0.25, 0.3) is 18.2 Å². The van der Waals surface area contributed by atoms with Crippen LogP contribution in [0.25, 0.3) is 31.9 Å². The third-order valence-electron chi connectivity index (χ3n) is 5.53. The molecule has 36 heavy (non-hydrogen) atoms. The van der Waals surface area contributed by atoms with E-state index in [1.807, 2.05) is 24.4 Å². The molecule has 0 aliphatic carbocycles. The highest BCUT2D eigenvalue weighted by atomic mass is 32.1. The second kappa shape index (κ2) is 9.24. The van der Waals surface area contributed by atoms with Crippen LogP contribution >= 0.6 is 22.7 Å². The van der Waals surface area contributed by atoms with Gasteiger partial charge in [0.05, 0.1) is 22.0 Å². The molecule has 0 bridgehead atoms. The number of amides is 2. The predicted molar refractivity (Wildman–Crippen MR) is 135 cm³/mol. The maximum absolute atomic E-state index is 13.7. The minimum atomic E-state index is -2.84. The van der Waals surface area contributed by atoms with Crippen molar-refractivity contribution < 1.29 is 18.4 Å². The van der Waals surface area contributed by atoms with Gasteiger partial charge in [0.1, 0.15) is 15.4 Å². The van der Waals surface area contributed by atoms with Crippen LogP contribution in [0.3, 0.4) is 0 Å². The summed E-state index contributed by atoms with van der Waals surface area (Å²) in [7, 11) is 0. The molecule has 4 N–H and O–H groups in total. The summed E-state index contributed by atoms with van der Waals surface area (Å²) >= 11 is 2.33. The number of alkyl halides is 2. The van der Waals surface area contributed by atoms with Crippen molar-refractivity contribution in [3.63, 3.8) is 0 Å². The van der Waals surface area contributed by atoms with Gasteiger partial charge in [-0.15, -0.1) is 22.7 Å². The van der Waals surface area contributed by atoms with Crippen LogP contribution in [-0.2, 0) is 6.54 Å². The lowest BCUT2D eigenvalue weighted by Gasteiger charge is -2.10. The normalized spacial score (nSPS) is 11.5. The highest BCUT2D eigenvalue weighted by molar-refractivity contribution is 7.21. The first-order valence-electron chi connectivity index (χ1n) is 10.8. The molecule has 0 saturated carbocycles. The molecule has 0 aromatic carbocycles. The van der Waals surface area contributed by atoms with Crippen LogP contribution in [-0.4, -0.2) is 36.8 Å². The van der Waals surface area contributed by atoms with E-state index in [2.05, 4.69) is 25.6 Å². The van der Waals surface area contributed by atoms with E-state index in [1.54, 1.807) is 23.9 Å². The Balaban J connectivity index is 1.67. The van der Waals surface area contributed by atoms with Crippen molar-refractivity contribution in [3.8, 4) is 21.7 Å². The monoisotopic (exact) mass is 527 g/mol. The number of aromatic amines is 1. The van der Waals surface area contributed by atoms with Crippen LogP contribution < -0.4 is 11.1 Å². The largest absolute Gasteiger partial charge is 0.365 e. The van der Waals surface area contributed by atoms with Gasteiger partial charge in [-0.05, 0) is 43.0 Å². The number of halogens is 2. The molecule has 0 atom stereocenters. The molecule has 0 saturated heterocycles. The molecule has 5 heterocycles. The maximum Gasteiger partial charge on any atom is 0.280 e. The molecule has 5 rings (SSSR count). The number of fused-ring (bicyclic) bond motifs is 1. The summed E-state index contributed by atoms with van der Waals surface area (Å²) in [5, 5.41) is 16.3. The molecule has 0 aliphatic rings. The lowest BCUT2D eigenvalue weighted by Crippen LogP contribution is -2.17. The van der Waals surface area contributed by atoms with Gasteiger partial charge < -0.3 is 11.1 Å². The molecular weight excluding hydrogens is 508 g/mol. The lowest BCUT2D eigenvalue weighted by atomic mass is 10.0. The topological polar surface area (TPSA) is 132 Å². The van der Waals surface area contributed by atoms with Crippen molar-refractivity contribution >= 4 is 50.4 Å². The van der Waals surface area contributed by atoms with Crippen molar-refractivity contribution in [2.24, 2.45) is 5.73 Å². The molecule has 2 amide bonds. The number of aromatic nitrogens is 5. The lowest BCUT2D eigenvalue weighted by molar-refractivity contribution is 0.100. The Kier molecular flexibility index (Phi) is 6.10. The quantitative estimate of drug-likeness (QED) is 0.267. The van der Waals surface area contributed by atoms with Gasteiger partial charge in [0.2, 0.25) is 0 Å². The van der Waals surface area contributed by atoms with Gasteiger partial charge in [-0.2, -0.15) is 10.2 Å². The summed E-state index contributed by atoms with van der Waals surface area (Å²) in [5.74, 6) is -1.42. The SMILES string of the molecule is CCn1cc(-c2cc(C(F)F)nc3sc(C(N)=O)c(NC(=O)c4cc(-c5cccs5)[nH]n4)c23)c(C)n1. The van der Waals surface area contributed by atoms with Crippen LogP contribution in [0.4, 0.5) is 14.5 Å². The number of H-pyrrole nitrogens is 1. The fraction of sp³-hybridized carbons (Fsp3) is 0.174. The van der Waals surface area contributed by atoms with E-state index in [0.29, 0.717) is 34.4 Å². The molecule has 0 unspecified atom stereocenters. The number of rotatable bonds is 7. The van der Waals surface area contributed by atoms with Crippen LogP contribution in [0.2, 0.25) is 0 Å². The first kappa shape index (κ1) is 23.8. The Bertz CT molecular complexity index is 1600. The number of nitrogens with two attached hydrogens (primary N) is 1. The zero-order chi connectivity index (χ0) is 25.6. The Hall–Kier alpha value is -3.97. The number of primary amides is 1. The molecule has 0 fully saturated rings. The summed E-state index contributed by atoms with van der Waals surface area (Å²) in [4.78, 5) is 30.6. The minimum Gasteiger partial charge on any atom is -0.365 e. The van der Waals surface area contributed by atoms with Gasteiger partial charge in [0, 0.05) is 23.7 Å². The van der Waals surface area contributed by atoms with Crippen molar-refractivity contribution in [2.75, 3.05) is 5.32 Å². The second-order valence-electron chi connectivity index (χ2n) is 7.83. The molecule has 0 spiro atoms. The Morgan fingerprint density at radius 2 is 2.08 bits per heavy atom. The Labute approximate surface area is 211 Å². The molecule has 0 aliphatic heterocycles. The van der Waals surface area contributed by atoms with Crippen LogP contribution in [0.1, 0.15) is 44.9 Å². The van der Waals surface area contributed by atoms with Crippen molar-refractivity contribution in [1.29, 1.82) is 0 Å². The van der Waals surface area contributed by atoms with Crippen LogP contribution in [0.15, 0.2) is 35.8 Å². The van der Waals surface area contributed by atoms with E-state index in [0.717, 1.165) is 16.2 Å². The molecule has 5 aromatic heterocycles. The van der Waals surface area contributed by atoms with E-state index in [9.17, 15) is 18.4 Å². The average Bonchev–Trinajstić information content (AvgIpc) is 3.63. The fourth-order valence-electron chi connectivity index (χ4n) is 3.85. The first-order chi connectivity index (χ1) is 17.3. The van der Waals surface area contributed by atoms with E-state index in [-0.39, 0.29) is 21.1 Å². The molecule has 9 nitrogen and oxygen atoms in total. The zero-order valence-corrected chi connectivity index (χ0v) is 20.6. The third-order valence-corrected chi connectivity index (χ3v) is 7.53. The van der Waals surface area contributed by atoms with Gasteiger partial charge in [-0.3, -0.25) is 19.4 Å². The molecule has 5 aromatic rings. The Morgan fingerprint density at radius 3 is 2.72 bits per heavy atom. The highest BCUT2D eigenvalue weighted by Crippen LogP contribution is 2.43. The number of hydrogen-bond donors (Lipinski definition) is 3.